The van der Waals surface area contributed by atoms with Crippen LogP contribution in [-0.4, -0.2) is 16.7 Å². The maximum atomic E-state index is 12.0. The number of hydrogen-bond acceptors (Lipinski definition) is 4. The fourth-order valence-electron chi connectivity index (χ4n) is 2.38. The van der Waals surface area contributed by atoms with E-state index in [4.69, 9.17) is 4.52 Å². The summed E-state index contributed by atoms with van der Waals surface area (Å²) >= 11 is 0. The smallest absolute Gasteiger partial charge is 0.188 e. The Morgan fingerprint density at radius 2 is 1.86 bits per heavy atom. The summed E-state index contributed by atoms with van der Waals surface area (Å²) in [7, 11) is 0. The van der Waals surface area contributed by atoms with E-state index in [9.17, 15) is 4.79 Å². The van der Waals surface area contributed by atoms with Crippen LogP contribution in [0.2, 0.25) is 0 Å². The van der Waals surface area contributed by atoms with E-state index >= 15 is 0 Å². The first kappa shape index (κ1) is 14.2. The molecular formula is C18H16N2O2. The minimum Gasteiger partial charge on any atom is -0.354 e. The Hall–Kier alpha value is -2.75. The number of para-hydroxylation sites is 1. The number of aromatic nitrogens is 1. The van der Waals surface area contributed by atoms with Crippen LogP contribution in [0.1, 0.15) is 36.4 Å². The molecule has 0 aliphatic carbocycles. The first-order valence-corrected chi connectivity index (χ1v) is 7.23. The van der Waals surface area contributed by atoms with Crippen LogP contribution in [0.4, 0.5) is 5.69 Å². The molecule has 0 saturated heterocycles. The van der Waals surface area contributed by atoms with Crippen LogP contribution in [-0.2, 0) is 0 Å². The van der Waals surface area contributed by atoms with Gasteiger partial charge in [0, 0.05) is 12.0 Å². The number of benzene rings is 2. The maximum Gasteiger partial charge on any atom is 0.188 e. The van der Waals surface area contributed by atoms with Crippen molar-refractivity contribution >= 4 is 28.1 Å². The van der Waals surface area contributed by atoms with Gasteiger partial charge in [0.1, 0.15) is 5.52 Å². The molecule has 4 heteroatoms. The lowest BCUT2D eigenvalue weighted by Gasteiger charge is -2.04. The second kappa shape index (κ2) is 5.93. The van der Waals surface area contributed by atoms with Gasteiger partial charge in [-0.25, -0.2) is 4.99 Å². The topological polar surface area (TPSA) is 55.5 Å². The predicted octanol–water partition coefficient (Wildman–Crippen LogP) is 4.56. The molecule has 0 bridgehead atoms. The lowest BCUT2D eigenvalue weighted by atomic mass is 10.1. The van der Waals surface area contributed by atoms with Crippen LogP contribution < -0.4 is 0 Å². The average molecular weight is 292 g/mol. The van der Waals surface area contributed by atoms with Gasteiger partial charge in [0.2, 0.25) is 0 Å². The zero-order valence-electron chi connectivity index (χ0n) is 12.5. The Kier molecular flexibility index (Phi) is 3.83. The van der Waals surface area contributed by atoms with Gasteiger partial charge >= 0.3 is 0 Å². The molecule has 22 heavy (non-hydrogen) atoms. The van der Waals surface area contributed by atoms with Crippen LogP contribution in [0.5, 0.6) is 0 Å². The molecular weight excluding hydrogens is 276 g/mol. The van der Waals surface area contributed by atoms with Crippen molar-refractivity contribution in [1.29, 1.82) is 0 Å². The number of aliphatic imine (C=N–C) groups is 1. The Morgan fingerprint density at radius 3 is 2.68 bits per heavy atom. The summed E-state index contributed by atoms with van der Waals surface area (Å²) in [6.07, 6.45) is 0.455. The van der Waals surface area contributed by atoms with Crippen LogP contribution in [0, 0.1) is 0 Å². The van der Waals surface area contributed by atoms with Gasteiger partial charge in [0.05, 0.1) is 16.8 Å². The second-order valence-electron chi connectivity index (χ2n) is 5.02. The molecule has 0 atom stereocenters. The Bertz CT molecular complexity index is 862. The average Bonchev–Trinajstić information content (AvgIpc) is 2.99. The van der Waals surface area contributed by atoms with Crippen molar-refractivity contribution in [3.63, 3.8) is 0 Å². The zero-order chi connectivity index (χ0) is 15.5. The van der Waals surface area contributed by atoms with Gasteiger partial charge in [-0.1, -0.05) is 36.3 Å². The molecule has 0 aliphatic rings. The second-order valence-corrected chi connectivity index (χ2v) is 5.02. The van der Waals surface area contributed by atoms with Crippen molar-refractivity contribution < 1.29 is 9.32 Å². The molecule has 1 heterocycles. The molecule has 0 spiro atoms. The third-order valence-electron chi connectivity index (χ3n) is 3.53. The van der Waals surface area contributed by atoms with E-state index in [1.54, 1.807) is 6.07 Å². The van der Waals surface area contributed by atoms with Crippen LogP contribution in [0.15, 0.2) is 58.0 Å². The Labute approximate surface area is 128 Å². The first-order chi connectivity index (χ1) is 10.7. The van der Waals surface area contributed by atoms with Crippen molar-refractivity contribution in [3.8, 4) is 0 Å². The fraction of sp³-hybridized carbons (Fsp3) is 0.167. The van der Waals surface area contributed by atoms with E-state index in [1.165, 1.54) is 0 Å². The normalized spacial score (nSPS) is 11.8. The molecule has 3 aromatic rings. The number of carbonyl (C=O) groups is 1. The Balaban J connectivity index is 2.07. The molecule has 0 unspecified atom stereocenters. The van der Waals surface area contributed by atoms with Crippen molar-refractivity contribution in [3.05, 3.63) is 59.9 Å². The third-order valence-corrected chi connectivity index (χ3v) is 3.53. The lowest BCUT2D eigenvalue weighted by molar-refractivity contribution is 0.0989. The fourth-order valence-corrected chi connectivity index (χ4v) is 2.38. The van der Waals surface area contributed by atoms with E-state index in [2.05, 4.69) is 10.1 Å². The highest BCUT2D eigenvalue weighted by Gasteiger charge is 2.13. The van der Waals surface area contributed by atoms with Crippen molar-refractivity contribution in [1.82, 2.24) is 5.16 Å². The lowest BCUT2D eigenvalue weighted by Crippen LogP contribution is -1.98. The van der Waals surface area contributed by atoms with Gasteiger partial charge in [-0.05, 0) is 31.2 Å². The molecule has 2 aromatic carbocycles. The quantitative estimate of drug-likeness (QED) is 0.523. The largest absolute Gasteiger partial charge is 0.354 e. The minimum absolute atomic E-state index is 0.0783. The number of fused-ring (bicyclic) bond motifs is 1. The first-order valence-electron chi connectivity index (χ1n) is 7.23. The number of hydrogen-bond donors (Lipinski definition) is 0. The molecule has 0 aliphatic heterocycles. The number of carbonyl (C=O) groups excluding carboxylic acids is 1. The van der Waals surface area contributed by atoms with E-state index in [1.807, 2.05) is 56.3 Å². The predicted molar refractivity (Wildman–Crippen MR) is 86.9 cm³/mol. The molecule has 0 N–H and O–H groups in total. The van der Waals surface area contributed by atoms with Gasteiger partial charge in [0.15, 0.2) is 11.5 Å². The monoisotopic (exact) mass is 292 g/mol. The zero-order valence-corrected chi connectivity index (χ0v) is 12.5. The highest BCUT2D eigenvalue weighted by molar-refractivity contribution is 6.09. The van der Waals surface area contributed by atoms with Crippen LogP contribution >= 0.6 is 0 Å². The number of Topliss-reactive ketones (excluding diaryl/α,β-unsaturated/α-hetero) is 1. The molecule has 0 amide bonds. The molecule has 0 radical (unpaired) electrons. The van der Waals surface area contributed by atoms with E-state index in [-0.39, 0.29) is 5.78 Å². The highest BCUT2D eigenvalue weighted by atomic mass is 16.5. The summed E-state index contributed by atoms with van der Waals surface area (Å²) in [6.45, 7) is 3.71. The van der Waals surface area contributed by atoms with E-state index in [0.29, 0.717) is 29.1 Å². The van der Waals surface area contributed by atoms with E-state index < -0.39 is 0 Å². The standard InChI is InChI=1S/C18H16N2O2/c1-3-17(21)13-8-4-6-10-15(13)19-12(2)18-14-9-5-7-11-16(14)20-22-18/h4-11H,3H2,1-2H3. The summed E-state index contributed by atoms with van der Waals surface area (Å²) < 4.78 is 5.41. The Morgan fingerprint density at radius 1 is 1.14 bits per heavy atom. The highest BCUT2D eigenvalue weighted by Crippen LogP contribution is 2.24. The number of ketones is 1. The maximum absolute atomic E-state index is 12.0. The van der Waals surface area contributed by atoms with E-state index in [0.717, 1.165) is 10.9 Å². The minimum atomic E-state index is 0.0783. The summed E-state index contributed by atoms with van der Waals surface area (Å²) in [6, 6.07) is 15.0. The van der Waals surface area contributed by atoms with Gasteiger partial charge in [-0.15, -0.1) is 0 Å². The van der Waals surface area contributed by atoms with Gasteiger partial charge in [0.25, 0.3) is 0 Å². The number of rotatable bonds is 4. The molecule has 0 saturated carbocycles. The van der Waals surface area contributed by atoms with Crippen molar-refractivity contribution in [2.45, 2.75) is 20.3 Å². The van der Waals surface area contributed by atoms with Crippen molar-refractivity contribution in [2.24, 2.45) is 4.99 Å². The van der Waals surface area contributed by atoms with Gasteiger partial charge in [-0.2, -0.15) is 0 Å². The van der Waals surface area contributed by atoms with Gasteiger partial charge < -0.3 is 4.52 Å². The van der Waals surface area contributed by atoms with Crippen LogP contribution in [0.25, 0.3) is 10.9 Å². The summed E-state index contributed by atoms with van der Waals surface area (Å²) in [5.41, 5.74) is 2.79. The summed E-state index contributed by atoms with van der Waals surface area (Å²) in [5, 5.41) is 4.95. The van der Waals surface area contributed by atoms with Crippen molar-refractivity contribution in [2.75, 3.05) is 0 Å². The molecule has 0 fully saturated rings. The SMILES string of the molecule is CCC(=O)c1ccccc1N=C(C)c1onc2ccccc12. The third kappa shape index (κ3) is 2.55. The summed E-state index contributed by atoms with van der Waals surface area (Å²) in [4.78, 5) is 16.6. The summed E-state index contributed by atoms with van der Waals surface area (Å²) in [5.74, 6) is 0.712. The van der Waals surface area contributed by atoms with Gasteiger partial charge in [-0.3, -0.25) is 4.79 Å². The molecule has 1 aromatic heterocycles. The molecule has 3 rings (SSSR count). The number of nitrogens with zero attached hydrogens (tertiary/aromatic N) is 2. The van der Waals surface area contributed by atoms with Crippen LogP contribution in [0.3, 0.4) is 0 Å². The molecule has 4 nitrogen and oxygen atoms in total. The molecule has 110 valence electrons.